The lowest BCUT2D eigenvalue weighted by Gasteiger charge is -1.93. The minimum absolute atomic E-state index is 0.0133. The Morgan fingerprint density at radius 2 is 2.06 bits per heavy atom. The Balaban J connectivity index is 2.36. The molecule has 0 aliphatic rings. The summed E-state index contributed by atoms with van der Waals surface area (Å²) in [6.07, 6.45) is 0. The Kier molecular flexibility index (Phi) is 2.40. The number of hydrogen-bond donors (Lipinski definition) is 1. The third-order valence-corrected chi connectivity index (χ3v) is 2.06. The third kappa shape index (κ3) is 1.77. The highest BCUT2D eigenvalue weighted by molar-refractivity contribution is 5.90. The molecule has 5 heteroatoms. The molecule has 0 aliphatic heterocycles. The minimum Gasteiger partial charge on any atom is -0.363 e. The second kappa shape index (κ2) is 3.87. The number of nitrogens with zero attached hydrogens (tertiary/aromatic N) is 2. The fourth-order valence-corrected chi connectivity index (χ4v) is 1.24. The van der Waals surface area contributed by atoms with Gasteiger partial charge in [0.25, 0.3) is 5.91 Å². The maximum Gasteiger partial charge on any atom is 0.287 e. The molecule has 0 atom stereocenters. The molecule has 1 heterocycles. The summed E-state index contributed by atoms with van der Waals surface area (Å²) in [7, 11) is 0. The highest BCUT2D eigenvalue weighted by Crippen LogP contribution is 2.19. The standard InChI is InChI=1S/C11H7N3O2/c12-6-7-1-3-8(4-2-7)9-5-10(11(13)15)16-14-9/h1-5H,(H2,13,15). The summed E-state index contributed by atoms with van der Waals surface area (Å²) in [5, 5.41) is 12.3. The monoisotopic (exact) mass is 213 g/mol. The van der Waals surface area contributed by atoms with E-state index in [4.69, 9.17) is 15.5 Å². The topological polar surface area (TPSA) is 92.9 Å². The van der Waals surface area contributed by atoms with Crippen LogP contribution in [0.5, 0.6) is 0 Å². The van der Waals surface area contributed by atoms with Gasteiger partial charge in [-0.25, -0.2) is 0 Å². The SMILES string of the molecule is N#Cc1ccc(-c2cc(C(N)=O)on2)cc1. The number of primary amides is 1. The van der Waals surface area contributed by atoms with Crippen molar-refractivity contribution >= 4 is 5.91 Å². The first-order valence-corrected chi connectivity index (χ1v) is 4.48. The minimum atomic E-state index is -0.660. The van der Waals surface area contributed by atoms with Crippen molar-refractivity contribution < 1.29 is 9.32 Å². The average Bonchev–Trinajstić information content (AvgIpc) is 2.78. The lowest BCUT2D eigenvalue weighted by molar-refractivity contribution is 0.0965. The van der Waals surface area contributed by atoms with E-state index in [0.29, 0.717) is 11.3 Å². The summed E-state index contributed by atoms with van der Waals surface area (Å²) in [6.45, 7) is 0. The first-order valence-electron chi connectivity index (χ1n) is 4.48. The zero-order valence-electron chi connectivity index (χ0n) is 8.18. The van der Waals surface area contributed by atoms with Gasteiger partial charge in [0.15, 0.2) is 0 Å². The Morgan fingerprint density at radius 1 is 1.38 bits per heavy atom. The molecule has 2 rings (SSSR count). The molecule has 0 saturated carbocycles. The molecule has 1 aromatic heterocycles. The van der Waals surface area contributed by atoms with Crippen LogP contribution in [-0.4, -0.2) is 11.1 Å². The van der Waals surface area contributed by atoms with Crippen LogP contribution < -0.4 is 5.73 Å². The lowest BCUT2D eigenvalue weighted by atomic mass is 10.1. The molecule has 0 bridgehead atoms. The zero-order chi connectivity index (χ0) is 11.5. The second-order valence-corrected chi connectivity index (χ2v) is 3.13. The maximum atomic E-state index is 10.8. The first kappa shape index (κ1) is 9.93. The van der Waals surface area contributed by atoms with Gasteiger partial charge >= 0.3 is 0 Å². The molecule has 2 N–H and O–H groups in total. The fourth-order valence-electron chi connectivity index (χ4n) is 1.24. The summed E-state index contributed by atoms with van der Waals surface area (Å²) in [5.41, 5.74) is 6.86. The quantitative estimate of drug-likeness (QED) is 0.813. The molecule has 78 valence electrons. The highest BCUT2D eigenvalue weighted by atomic mass is 16.5. The van der Waals surface area contributed by atoms with Gasteiger partial charge in [0.05, 0.1) is 11.6 Å². The largest absolute Gasteiger partial charge is 0.363 e. The number of nitriles is 1. The second-order valence-electron chi connectivity index (χ2n) is 3.13. The number of carbonyl (C=O) groups excluding carboxylic acids is 1. The number of hydrogen-bond acceptors (Lipinski definition) is 4. The molecule has 0 spiro atoms. The van der Waals surface area contributed by atoms with Crippen LogP contribution in [0.3, 0.4) is 0 Å². The van der Waals surface area contributed by atoms with Crippen LogP contribution >= 0.6 is 0 Å². The van der Waals surface area contributed by atoms with Gasteiger partial charge in [-0.3, -0.25) is 4.79 Å². The molecule has 16 heavy (non-hydrogen) atoms. The predicted octanol–water partition coefficient (Wildman–Crippen LogP) is 1.31. The smallest absolute Gasteiger partial charge is 0.287 e. The van der Waals surface area contributed by atoms with Crippen molar-refractivity contribution in [1.29, 1.82) is 5.26 Å². The van der Waals surface area contributed by atoms with Crippen LogP contribution in [0.25, 0.3) is 11.3 Å². The van der Waals surface area contributed by atoms with Crippen molar-refractivity contribution in [2.75, 3.05) is 0 Å². The van der Waals surface area contributed by atoms with Crippen LogP contribution in [0.4, 0.5) is 0 Å². The Hall–Kier alpha value is -2.61. The van der Waals surface area contributed by atoms with E-state index in [1.165, 1.54) is 6.07 Å². The van der Waals surface area contributed by atoms with E-state index in [2.05, 4.69) is 5.16 Å². The summed E-state index contributed by atoms with van der Waals surface area (Å²) < 4.78 is 4.75. The van der Waals surface area contributed by atoms with Gasteiger partial charge in [-0.1, -0.05) is 17.3 Å². The fraction of sp³-hybridized carbons (Fsp3) is 0. The molecule has 0 unspecified atom stereocenters. The molecule has 0 saturated heterocycles. The molecule has 0 radical (unpaired) electrons. The molecule has 5 nitrogen and oxygen atoms in total. The molecule has 2 aromatic rings. The number of benzene rings is 1. The van der Waals surface area contributed by atoms with E-state index < -0.39 is 5.91 Å². The van der Waals surface area contributed by atoms with Gasteiger partial charge in [0.1, 0.15) is 5.69 Å². The van der Waals surface area contributed by atoms with E-state index in [9.17, 15) is 4.79 Å². The van der Waals surface area contributed by atoms with Gasteiger partial charge in [-0.05, 0) is 12.1 Å². The number of aromatic nitrogens is 1. The number of rotatable bonds is 2. The molecule has 0 fully saturated rings. The summed E-state index contributed by atoms with van der Waals surface area (Å²) in [6, 6.07) is 10.2. The van der Waals surface area contributed by atoms with Crippen LogP contribution in [0, 0.1) is 11.3 Å². The lowest BCUT2D eigenvalue weighted by Crippen LogP contribution is -2.09. The Bertz CT molecular complexity index is 564. The summed E-state index contributed by atoms with van der Waals surface area (Å²) >= 11 is 0. The van der Waals surface area contributed by atoms with Crippen LogP contribution in [0.15, 0.2) is 34.9 Å². The normalized spacial score (nSPS) is 9.69. The van der Waals surface area contributed by atoms with Crippen molar-refractivity contribution in [1.82, 2.24) is 5.16 Å². The van der Waals surface area contributed by atoms with Crippen molar-refractivity contribution in [3.63, 3.8) is 0 Å². The van der Waals surface area contributed by atoms with Gasteiger partial charge in [0.2, 0.25) is 5.76 Å². The third-order valence-electron chi connectivity index (χ3n) is 2.06. The Labute approximate surface area is 91.1 Å². The highest BCUT2D eigenvalue weighted by Gasteiger charge is 2.10. The number of carbonyl (C=O) groups is 1. The Morgan fingerprint density at radius 3 is 2.56 bits per heavy atom. The van der Waals surface area contributed by atoms with Crippen molar-refractivity contribution in [2.45, 2.75) is 0 Å². The number of amides is 1. The van der Waals surface area contributed by atoms with Gasteiger partial charge in [-0.2, -0.15) is 5.26 Å². The average molecular weight is 213 g/mol. The molecule has 1 amide bonds. The molecule has 1 aromatic carbocycles. The van der Waals surface area contributed by atoms with Gasteiger partial charge in [0, 0.05) is 11.6 Å². The van der Waals surface area contributed by atoms with E-state index in [1.807, 2.05) is 6.07 Å². The van der Waals surface area contributed by atoms with Gasteiger partial charge < -0.3 is 10.3 Å². The van der Waals surface area contributed by atoms with Gasteiger partial charge in [-0.15, -0.1) is 0 Å². The first-order chi connectivity index (χ1) is 7.70. The summed E-state index contributed by atoms with van der Waals surface area (Å²) in [4.78, 5) is 10.8. The van der Waals surface area contributed by atoms with Crippen LogP contribution in [0.1, 0.15) is 16.1 Å². The van der Waals surface area contributed by atoms with E-state index in [-0.39, 0.29) is 5.76 Å². The number of nitrogens with two attached hydrogens (primary N) is 1. The molecular formula is C11H7N3O2. The van der Waals surface area contributed by atoms with E-state index in [0.717, 1.165) is 5.56 Å². The zero-order valence-corrected chi connectivity index (χ0v) is 8.18. The van der Waals surface area contributed by atoms with E-state index >= 15 is 0 Å². The predicted molar refractivity (Wildman–Crippen MR) is 55.2 cm³/mol. The van der Waals surface area contributed by atoms with Crippen molar-refractivity contribution in [3.8, 4) is 17.3 Å². The van der Waals surface area contributed by atoms with Crippen LogP contribution in [-0.2, 0) is 0 Å². The summed E-state index contributed by atoms with van der Waals surface area (Å²) in [5.74, 6) is -0.647. The van der Waals surface area contributed by atoms with Crippen molar-refractivity contribution in [2.24, 2.45) is 5.73 Å². The van der Waals surface area contributed by atoms with Crippen LogP contribution in [0.2, 0.25) is 0 Å². The van der Waals surface area contributed by atoms with E-state index in [1.54, 1.807) is 24.3 Å². The van der Waals surface area contributed by atoms with Crippen molar-refractivity contribution in [3.05, 3.63) is 41.7 Å². The molecular weight excluding hydrogens is 206 g/mol. The maximum absolute atomic E-state index is 10.8. The molecule has 0 aliphatic carbocycles.